The van der Waals surface area contributed by atoms with E-state index < -0.39 is 6.04 Å². The molecule has 2 aromatic carbocycles. The first-order valence-corrected chi connectivity index (χ1v) is 9.95. The molecule has 1 aliphatic rings. The zero-order valence-corrected chi connectivity index (χ0v) is 17.8. The van der Waals surface area contributed by atoms with Crippen molar-refractivity contribution in [3.8, 4) is 5.75 Å². The minimum Gasteiger partial charge on any atom is -0.497 e. The summed E-state index contributed by atoms with van der Waals surface area (Å²) in [6, 6.07) is 13.9. The highest BCUT2D eigenvalue weighted by molar-refractivity contribution is 7.80. The van der Waals surface area contributed by atoms with E-state index in [1.165, 1.54) is 4.90 Å². The Morgan fingerprint density at radius 2 is 1.90 bits per heavy atom. The molecule has 1 aliphatic heterocycles. The van der Waals surface area contributed by atoms with E-state index in [4.69, 9.17) is 28.6 Å². The van der Waals surface area contributed by atoms with Crippen molar-refractivity contribution >= 4 is 46.4 Å². The maximum Gasteiger partial charge on any atom is 0.251 e. The molecule has 8 heteroatoms. The molecule has 0 bridgehead atoms. The van der Waals surface area contributed by atoms with Gasteiger partial charge in [0.25, 0.3) is 5.91 Å². The third-order valence-electron chi connectivity index (χ3n) is 4.86. The average molecular weight is 432 g/mol. The van der Waals surface area contributed by atoms with Crippen LogP contribution in [0.2, 0.25) is 5.02 Å². The molecule has 2 aromatic rings. The van der Waals surface area contributed by atoms with E-state index in [9.17, 15) is 9.59 Å². The van der Waals surface area contributed by atoms with Crippen LogP contribution in [0.4, 0.5) is 5.69 Å². The number of likely N-dealkylation sites (N-methyl/N-ethyl adjacent to an activating group) is 1. The number of rotatable bonds is 7. The van der Waals surface area contributed by atoms with Gasteiger partial charge in [-0.05, 0) is 54.5 Å². The Kier molecular flexibility index (Phi) is 6.71. The van der Waals surface area contributed by atoms with Gasteiger partial charge in [0.05, 0.1) is 13.5 Å². The van der Waals surface area contributed by atoms with Crippen molar-refractivity contribution < 1.29 is 14.3 Å². The van der Waals surface area contributed by atoms with Crippen LogP contribution in [0.3, 0.4) is 0 Å². The molecule has 1 N–H and O–H groups in total. The lowest BCUT2D eigenvalue weighted by Crippen LogP contribution is -2.39. The van der Waals surface area contributed by atoms with E-state index in [2.05, 4.69) is 5.32 Å². The second-order valence-electron chi connectivity index (χ2n) is 6.71. The van der Waals surface area contributed by atoms with Gasteiger partial charge in [-0.2, -0.15) is 0 Å². The summed E-state index contributed by atoms with van der Waals surface area (Å²) in [5, 5.41) is 3.91. The molecule has 1 heterocycles. The number of carbonyl (C=O) groups excluding carboxylic acids is 2. The number of nitrogens with zero attached hydrogens (tertiary/aromatic N) is 2. The van der Waals surface area contributed by atoms with Crippen LogP contribution in [0.25, 0.3) is 0 Å². The Bertz CT molecular complexity index is 920. The lowest BCUT2D eigenvalue weighted by Gasteiger charge is -2.23. The number of anilines is 1. The van der Waals surface area contributed by atoms with Crippen LogP contribution >= 0.6 is 23.8 Å². The van der Waals surface area contributed by atoms with E-state index in [0.717, 1.165) is 5.56 Å². The fourth-order valence-electron chi connectivity index (χ4n) is 3.23. The van der Waals surface area contributed by atoms with Gasteiger partial charge in [-0.15, -0.1) is 0 Å². The summed E-state index contributed by atoms with van der Waals surface area (Å²) < 4.78 is 5.11. The third-order valence-corrected chi connectivity index (χ3v) is 5.73. The molecule has 1 atom stereocenters. The first-order valence-electron chi connectivity index (χ1n) is 9.16. The number of thiocarbonyl (C=S) groups is 1. The number of amides is 2. The molecule has 1 unspecified atom stereocenters. The van der Waals surface area contributed by atoms with Crippen molar-refractivity contribution in [3.63, 3.8) is 0 Å². The normalized spacial score (nSPS) is 16.3. The summed E-state index contributed by atoms with van der Waals surface area (Å²) in [6.45, 7) is 0.499. The van der Waals surface area contributed by atoms with Gasteiger partial charge in [0.1, 0.15) is 11.8 Å². The average Bonchev–Trinajstić information content (AvgIpc) is 2.91. The number of hydrogen-bond acceptors (Lipinski definition) is 4. The Morgan fingerprint density at radius 3 is 2.55 bits per heavy atom. The minimum absolute atomic E-state index is 0.0118. The molecule has 2 amide bonds. The standard InChI is InChI=1S/C21H22ClN3O3S/c1-24-20(27)18(13-19(26)23-15-7-9-16(28-2)10-8-15)25(21(24)29)12-11-14-5-3-4-6-17(14)22/h3-10,18H,11-13H2,1-2H3,(H,23,26). The SMILES string of the molecule is COc1ccc(NC(=O)CC2C(=O)N(C)C(=S)N2CCc2ccccc2Cl)cc1. The van der Waals surface area contributed by atoms with E-state index >= 15 is 0 Å². The molecule has 1 fully saturated rings. The minimum atomic E-state index is -0.631. The lowest BCUT2D eigenvalue weighted by molar-refractivity contribution is -0.130. The lowest BCUT2D eigenvalue weighted by atomic mass is 10.1. The Morgan fingerprint density at radius 1 is 1.21 bits per heavy atom. The van der Waals surface area contributed by atoms with Crippen LogP contribution in [0, 0.1) is 0 Å². The zero-order chi connectivity index (χ0) is 21.0. The summed E-state index contributed by atoms with van der Waals surface area (Å²) in [6.07, 6.45) is 0.634. The number of methoxy groups -OCH3 is 1. The van der Waals surface area contributed by atoms with E-state index in [1.54, 1.807) is 43.3 Å². The molecule has 152 valence electrons. The molecule has 0 aliphatic carbocycles. The monoisotopic (exact) mass is 431 g/mol. The van der Waals surface area contributed by atoms with Crippen LogP contribution in [0.1, 0.15) is 12.0 Å². The predicted molar refractivity (Wildman–Crippen MR) is 117 cm³/mol. The highest BCUT2D eigenvalue weighted by Crippen LogP contribution is 2.23. The van der Waals surface area contributed by atoms with Crippen molar-refractivity contribution in [1.29, 1.82) is 0 Å². The van der Waals surface area contributed by atoms with Gasteiger partial charge in [-0.3, -0.25) is 14.5 Å². The molecular weight excluding hydrogens is 410 g/mol. The van der Waals surface area contributed by atoms with Gasteiger partial charge in [-0.1, -0.05) is 29.8 Å². The first kappa shape index (κ1) is 21.1. The molecule has 0 radical (unpaired) electrons. The van der Waals surface area contributed by atoms with Crippen LogP contribution in [-0.4, -0.2) is 53.5 Å². The topological polar surface area (TPSA) is 61.9 Å². The van der Waals surface area contributed by atoms with Crippen molar-refractivity contribution in [2.75, 3.05) is 26.0 Å². The van der Waals surface area contributed by atoms with Crippen molar-refractivity contribution in [3.05, 3.63) is 59.1 Å². The molecule has 1 saturated heterocycles. The second kappa shape index (κ2) is 9.24. The number of nitrogens with one attached hydrogen (secondary N) is 1. The van der Waals surface area contributed by atoms with Gasteiger partial charge < -0.3 is 15.0 Å². The van der Waals surface area contributed by atoms with E-state index in [-0.39, 0.29) is 18.2 Å². The fourth-order valence-corrected chi connectivity index (χ4v) is 3.77. The summed E-state index contributed by atoms with van der Waals surface area (Å²) in [5.74, 6) is 0.264. The quantitative estimate of drug-likeness (QED) is 0.681. The van der Waals surface area contributed by atoms with Gasteiger partial charge in [-0.25, -0.2) is 0 Å². The van der Waals surface area contributed by atoms with Gasteiger partial charge in [0.15, 0.2) is 5.11 Å². The van der Waals surface area contributed by atoms with Crippen LogP contribution in [-0.2, 0) is 16.0 Å². The number of halogens is 1. The molecule has 0 aromatic heterocycles. The molecule has 6 nitrogen and oxygen atoms in total. The maximum atomic E-state index is 12.7. The molecule has 3 rings (SSSR count). The Hall–Kier alpha value is -2.64. The predicted octanol–water partition coefficient (Wildman–Crippen LogP) is 3.35. The third kappa shape index (κ3) is 4.86. The zero-order valence-electron chi connectivity index (χ0n) is 16.2. The van der Waals surface area contributed by atoms with Crippen LogP contribution in [0.15, 0.2) is 48.5 Å². The highest BCUT2D eigenvalue weighted by atomic mass is 35.5. The van der Waals surface area contributed by atoms with Crippen molar-refractivity contribution in [2.45, 2.75) is 18.9 Å². The number of carbonyl (C=O) groups is 2. The summed E-state index contributed by atoms with van der Waals surface area (Å²) >= 11 is 11.7. The summed E-state index contributed by atoms with van der Waals surface area (Å²) in [7, 11) is 3.21. The highest BCUT2D eigenvalue weighted by Gasteiger charge is 2.41. The number of hydrogen-bond donors (Lipinski definition) is 1. The van der Waals surface area contributed by atoms with Crippen molar-refractivity contribution in [1.82, 2.24) is 9.80 Å². The van der Waals surface area contributed by atoms with Gasteiger partial charge >= 0.3 is 0 Å². The van der Waals surface area contributed by atoms with Gasteiger partial charge in [0.2, 0.25) is 5.91 Å². The number of benzene rings is 2. The van der Waals surface area contributed by atoms with E-state index in [1.807, 2.05) is 24.3 Å². The molecular formula is C21H22ClN3O3S. The molecule has 0 saturated carbocycles. The van der Waals surface area contributed by atoms with Crippen LogP contribution < -0.4 is 10.1 Å². The maximum absolute atomic E-state index is 12.7. The largest absolute Gasteiger partial charge is 0.497 e. The smallest absolute Gasteiger partial charge is 0.251 e. The van der Waals surface area contributed by atoms with Crippen LogP contribution in [0.5, 0.6) is 5.75 Å². The summed E-state index contributed by atoms with van der Waals surface area (Å²) in [5.41, 5.74) is 1.61. The summed E-state index contributed by atoms with van der Waals surface area (Å²) in [4.78, 5) is 28.4. The second-order valence-corrected chi connectivity index (χ2v) is 7.48. The van der Waals surface area contributed by atoms with E-state index in [0.29, 0.717) is 34.5 Å². The fraction of sp³-hybridized carbons (Fsp3) is 0.286. The van der Waals surface area contributed by atoms with Crippen molar-refractivity contribution in [2.24, 2.45) is 0 Å². The Balaban J connectivity index is 1.67. The Labute approximate surface area is 180 Å². The van der Waals surface area contributed by atoms with Gasteiger partial charge in [0, 0.05) is 24.3 Å². The molecule has 0 spiro atoms. The first-order chi connectivity index (χ1) is 13.9. The molecule has 29 heavy (non-hydrogen) atoms. The number of ether oxygens (including phenoxy) is 1.